The molecule has 0 spiro atoms. The van der Waals surface area contributed by atoms with Gasteiger partial charge in [-0.05, 0) is 37.5 Å². The van der Waals surface area contributed by atoms with Crippen LogP contribution >= 0.6 is 11.6 Å². The zero-order chi connectivity index (χ0) is 14.3. The molecule has 0 atom stereocenters. The van der Waals surface area contributed by atoms with Crippen LogP contribution in [0.4, 0.5) is 5.69 Å². The molecule has 19 heavy (non-hydrogen) atoms. The van der Waals surface area contributed by atoms with Crippen molar-refractivity contribution < 1.29 is 10.3 Å². The summed E-state index contributed by atoms with van der Waals surface area (Å²) in [5.41, 5.74) is 7.00. The minimum absolute atomic E-state index is 0.00199. The highest BCUT2D eigenvalue weighted by Crippen LogP contribution is 2.23. The SMILES string of the molecule is CN(CCCCCO)c1ccc(/C(N)=N/O)c(Cl)c1. The number of halogens is 1. The summed E-state index contributed by atoms with van der Waals surface area (Å²) in [6.07, 6.45) is 2.84. The molecule has 5 nitrogen and oxygen atoms in total. The van der Waals surface area contributed by atoms with Crippen molar-refractivity contribution in [2.75, 3.05) is 25.1 Å². The van der Waals surface area contributed by atoms with Gasteiger partial charge < -0.3 is 20.9 Å². The van der Waals surface area contributed by atoms with Crippen LogP contribution in [0.5, 0.6) is 0 Å². The largest absolute Gasteiger partial charge is 0.409 e. The van der Waals surface area contributed by atoms with Gasteiger partial charge >= 0.3 is 0 Å². The number of hydrogen-bond acceptors (Lipinski definition) is 4. The van der Waals surface area contributed by atoms with E-state index in [1.165, 1.54) is 0 Å². The van der Waals surface area contributed by atoms with Gasteiger partial charge in [-0.15, -0.1) is 0 Å². The van der Waals surface area contributed by atoms with Gasteiger partial charge in [-0.3, -0.25) is 0 Å². The van der Waals surface area contributed by atoms with E-state index in [9.17, 15) is 0 Å². The Morgan fingerprint density at radius 1 is 1.37 bits per heavy atom. The van der Waals surface area contributed by atoms with E-state index in [4.69, 9.17) is 27.6 Å². The first kappa shape index (κ1) is 15.6. The van der Waals surface area contributed by atoms with Gasteiger partial charge in [0.05, 0.1) is 5.02 Å². The molecule has 0 bridgehead atoms. The minimum Gasteiger partial charge on any atom is -0.409 e. The van der Waals surface area contributed by atoms with Gasteiger partial charge in [0.25, 0.3) is 0 Å². The van der Waals surface area contributed by atoms with Gasteiger partial charge in [-0.1, -0.05) is 16.8 Å². The van der Waals surface area contributed by atoms with E-state index in [1.807, 2.05) is 13.1 Å². The molecule has 0 aliphatic rings. The third-order valence-electron chi connectivity index (χ3n) is 2.93. The molecule has 0 aliphatic carbocycles. The normalized spacial score (nSPS) is 11.6. The topological polar surface area (TPSA) is 82.1 Å². The fourth-order valence-electron chi connectivity index (χ4n) is 1.77. The van der Waals surface area contributed by atoms with Gasteiger partial charge in [0.15, 0.2) is 5.84 Å². The zero-order valence-corrected chi connectivity index (χ0v) is 11.8. The number of amidine groups is 1. The number of benzene rings is 1. The molecule has 1 aromatic carbocycles. The van der Waals surface area contributed by atoms with E-state index in [2.05, 4.69) is 10.1 Å². The second-order valence-corrected chi connectivity index (χ2v) is 4.76. The highest BCUT2D eigenvalue weighted by atomic mass is 35.5. The lowest BCUT2D eigenvalue weighted by molar-refractivity contribution is 0.283. The van der Waals surface area contributed by atoms with E-state index in [0.29, 0.717) is 10.6 Å². The van der Waals surface area contributed by atoms with Gasteiger partial charge in [0.1, 0.15) is 0 Å². The summed E-state index contributed by atoms with van der Waals surface area (Å²) in [5.74, 6) is 0.00199. The molecule has 6 heteroatoms. The van der Waals surface area contributed by atoms with Crippen molar-refractivity contribution in [3.8, 4) is 0 Å². The van der Waals surface area contributed by atoms with E-state index in [0.717, 1.165) is 31.5 Å². The van der Waals surface area contributed by atoms with Crippen LogP contribution in [0.25, 0.3) is 0 Å². The van der Waals surface area contributed by atoms with E-state index >= 15 is 0 Å². The maximum absolute atomic E-state index is 8.72. The predicted molar refractivity (Wildman–Crippen MR) is 78.2 cm³/mol. The first-order chi connectivity index (χ1) is 9.10. The van der Waals surface area contributed by atoms with Crippen molar-refractivity contribution >= 4 is 23.1 Å². The third kappa shape index (κ3) is 4.61. The molecule has 106 valence electrons. The molecular weight excluding hydrogens is 266 g/mol. The lowest BCUT2D eigenvalue weighted by atomic mass is 10.1. The third-order valence-corrected chi connectivity index (χ3v) is 3.24. The summed E-state index contributed by atoms with van der Waals surface area (Å²) >= 11 is 6.10. The Bertz CT molecular complexity index is 438. The first-order valence-electron chi connectivity index (χ1n) is 6.19. The fourth-order valence-corrected chi connectivity index (χ4v) is 2.04. The van der Waals surface area contributed by atoms with Gasteiger partial charge in [-0.2, -0.15) is 0 Å². The maximum atomic E-state index is 8.72. The lowest BCUT2D eigenvalue weighted by Gasteiger charge is -2.20. The highest BCUT2D eigenvalue weighted by molar-refractivity contribution is 6.34. The summed E-state index contributed by atoms with van der Waals surface area (Å²) in [5, 5.41) is 20.7. The Kier molecular flexibility index (Phi) is 6.45. The number of aliphatic hydroxyl groups excluding tert-OH is 1. The quantitative estimate of drug-likeness (QED) is 0.235. The molecule has 0 aromatic heterocycles. The van der Waals surface area contributed by atoms with Gasteiger partial charge in [-0.25, -0.2) is 0 Å². The Labute approximate surface area is 118 Å². The first-order valence-corrected chi connectivity index (χ1v) is 6.57. The summed E-state index contributed by atoms with van der Waals surface area (Å²) in [7, 11) is 1.98. The number of anilines is 1. The molecule has 0 heterocycles. The summed E-state index contributed by atoms with van der Waals surface area (Å²) in [4.78, 5) is 2.08. The number of aliphatic hydroxyl groups is 1. The van der Waals surface area contributed by atoms with Gasteiger partial charge in [0, 0.05) is 31.5 Å². The minimum atomic E-state index is 0.00199. The summed E-state index contributed by atoms with van der Waals surface area (Å²) < 4.78 is 0. The number of nitrogens with zero attached hydrogens (tertiary/aromatic N) is 2. The van der Waals surface area contributed by atoms with E-state index in [-0.39, 0.29) is 12.4 Å². The molecule has 1 rings (SSSR count). The molecule has 0 saturated carbocycles. The van der Waals surface area contributed by atoms with Crippen LogP contribution in [0, 0.1) is 0 Å². The van der Waals surface area contributed by atoms with Crippen molar-refractivity contribution in [2.24, 2.45) is 10.9 Å². The zero-order valence-electron chi connectivity index (χ0n) is 11.0. The Morgan fingerprint density at radius 3 is 2.68 bits per heavy atom. The second-order valence-electron chi connectivity index (χ2n) is 4.36. The number of oxime groups is 1. The second kappa shape index (κ2) is 7.86. The lowest BCUT2D eigenvalue weighted by Crippen LogP contribution is -2.19. The molecule has 1 aromatic rings. The smallest absolute Gasteiger partial charge is 0.171 e. The van der Waals surface area contributed by atoms with Crippen molar-refractivity contribution in [2.45, 2.75) is 19.3 Å². The van der Waals surface area contributed by atoms with Crippen molar-refractivity contribution in [1.82, 2.24) is 0 Å². The van der Waals surface area contributed by atoms with Crippen LogP contribution in [0.2, 0.25) is 5.02 Å². The molecule has 0 fully saturated rings. The summed E-state index contributed by atoms with van der Waals surface area (Å²) in [6.45, 7) is 1.13. The number of hydrogen-bond donors (Lipinski definition) is 3. The van der Waals surface area contributed by atoms with E-state index < -0.39 is 0 Å². The van der Waals surface area contributed by atoms with Crippen LogP contribution in [-0.2, 0) is 0 Å². The molecule has 0 aliphatic heterocycles. The molecule has 0 radical (unpaired) electrons. The van der Waals surface area contributed by atoms with Crippen LogP contribution in [0.3, 0.4) is 0 Å². The highest BCUT2D eigenvalue weighted by Gasteiger charge is 2.08. The van der Waals surface area contributed by atoms with Crippen molar-refractivity contribution in [1.29, 1.82) is 0 Å². The average molecular weight is 286 g/mol. The monoisotopic (exact) mass is 285 g/mol. The number of nitrogens with two attached hydrogens (primary N) is 1. The molecule has 4 N–H and O–H groups in total. The van der Waals surface area contributed by atoms with Gasteiger partial charge in [0.2, 0.25) is 0 Å². The maximum Gasteiger partial charge on any atom is 0.171 e. The summed E-state index contributed by atoms with van der Waals surface area (Å²) in [6, 6.07) is 5.41. The fraction of sp³-hybridized carbons (Fsp3) is 0.462. The van der Waals surface area contributed by atoms with Crippen LogP contribution in [0.1, 0.15) is 24.8 Å². The van der Waals surface area contributed by atoms with Crippen LogP contribution in [0.15, 0.2) is 23.4 Å². The Morgan fingerprint density at radius 2 is 2.11 bits per heavy atom. The molecule has 0 unspecified atom stereocenters. The predicted octanol–water partition coefficient (Wildman–Crippen LogP) is 2.03. The Hall–Kier alpha value is -1.46. The van der Waals surface area contributed by atoms with Crippen LogP contribution < -0.4 is 10.6 Å². The molecule has 0 saturated heterocycles. The van der Waals surface area contributed by atoms with Crippen molar-refractivity contribution in [3.63, 3.8) is 0 Å². The van der Waals surface area contributed by atoms with Crippen molar-refractivity contribution in [3.05, 3.63) is 28.8 Å². The average Bonchev–Trinajstić information content (AvgIpc) is 2.42. The van der Waals surface area contributed by atoms with Crippen LogP contribution in [-0.4, -0.2) is 36.3 Å². The number of unbranched alkanes of at least 4 members (excludes halogenated alkanes) is 2. The van der Waals surface area contributed by atoms with E-state index in [1.54, 1.807) is 12.1 Å². The standard InChI is InChI=1S/C13H20ClN3O2/c1-17(7-3-2-4-8-18)10-5-6-11(12(14)9-10)13(15)16-19/h5-6,9,18-19H,2-4,7-8H2,1H3,(H2,15,16). The number of rotatable bonds is 7. The molecular formula is C13H20ClN3O2. The molecule has 0 amide bonds. The Balaban J connectivity index is 2.67.